The van der Waals surface area contributed by atoms with Gasteiger partial charge < -0.3 is 9.88 Å². The van der Waals surface area contributed by atoms with E-state index in [0.29, 0.717) is 0 Å². The Morgan fingerprint density at radius 1 is 1.05 bits per heavy atom. The lowest BCUT2D eigenvalue weighted by Gasteiger charge is -2.03. The SMILES string of the molecule is CCCCCn1cc(CCCNCC)c2ccccc21. The minimum Gasteiger partial charge on any atom is -0.347 e. The van der Waals surface area contributed by atoms with E-state index in [4.69, 9.17) is 0 Å². The average molecular weight is 272 g/mol. The second-order valence-corrected chi connectivity index (χ2v) is 5.53. The maximum Gasteiger partial charge on any atom is 0.0483 e. The van der Waals surface area contributed by atoms with Gasteiger partial charge in [0, 0.05) is 23.6 Å². The van der Waals surface area contributed by atoms with Crippen LogP contribution in [0.2, 0.25) is 0 Å². The molecule has 0 fully saturated rings. The molecule has 0 aliphatic rings. The van der Waals surface area contributed by atoms with Gasteiger partial charge in [-0.05, 0) is 44.0 Å². The quantitative estimate of drug-likeness (QED) is 0.671. The molecule has 20 heavy (non-hydrogen) atoms. The van der Waals surface area contributed by atoms with E-state index in [2.05, 4.69) is 54.2 Å². The lowest BCUT2D eigenvalue weighted by atomic mass is 10.1. The molecule has 1 aromatic heterocycles. The standard InChI is InChI=1S/C18H28N2/c1-3-5-8-14-20-15-16(10-9-13-19-4-2)17-11-6-7-12-18(17)20/h6-7,11-12,15,19H,3-5,8-10,13-14H2,1-2H3. The predicted octanol–water partition coefficient (Wildman–Crippen LogP) is 4.37. The number of nitrogens with zero attached hydrogens (tertiary/aromatic N) is 1. The number of fused-ring (bicyclic) bond motifs is 1. The van der Waals surface area contributed by atoms with Gasteiger partial charge in [0.25, 0.3) is 0 Å². The molecule has 2 aromatic rings. The highest BCUT2D eigenvalue weighted by atomic mass is 15.0. The van der Waals surface area contributed by atoms with Gasteiger partial charge in [-0.15, -0.1) is 0 Å². The van der Waals surface area contributed by atoms with Crippen molar-refractivity contribution < 1.29 is 0 Å². The molecule has 0 aliphatic heterocycles. The van der Waals surface area contributed by atoms with Crippen molar-refractivity contribution in [2.45, 2.75) is 52.5 Å². The largest absolute Gasteiger partial charge is 0.347 e. The first-order valence-electron chi connectivity index (χ1n) is 8.14. The van der Waals surface area contributed by atoms with Crippen LogP contribution in [0.15, 0.2) is 30.5 Å². The van der Waals surface area contributed by atoms with E-state index in [0.717, 1.165) is 19.6 Å². The van der Waals surface area contributed by atoms with E-state index in [9.17, 15) is 0 Å². The third-order valence-corrected chi connectivity index (χ3v) is 3.92. The number of unbranched alkanes of at least 4 members (excludes halogenated alkanes) is 2. The highest BCUT2D eigenvalue weighted by Crippen LogP contribution is 2.23. The second kappa shape index (κ2) is 8.11. The van der Waals surface area contributed by atoms with Gasteiger partial charge in [-0.3, -0.25) is 0 Å². The summed E-state index contributed by atoms with van der Waals surface area (Å²) >= 11 is 0. The fourth-order valence-electron chi connectivity index (χ4n) is 2.82. The van der Waals surface area contributed by atoms with Crippen molar-refractivity contribution in [2.24, 2.45) is 0 Å². The molecule has 0 saturated carbocycles. The van der Waals surface area contributed by atoms with Gasteiger partial charge in [0.05, 0.1) is 0 Å². The lowest BCUT2D eigenvalue weighted by Crippen LogP contribution is -2.14. The van der Waals surface area contributed by atoms with Crippen molar-refractivity contribution in [1.82, 2.24) is 9.88 Å². The molecule has 110 valence electrons. The Hall–Kier alpha value is -1.28. The fourth-order valence-corrected chi connectivity index (χ4v) is 2.82. The van der Waals surface area contributed by atoms with Crippen LogP contribution in [0.3, 0.4) is 0 Å². The van der Waals surface area contributed by atoms with Gasteiger partial charge in [-0.1, -0.05) is 44.9 Å². The Kier molecular flexibility index (Phi) is 6.13. The second-order valence-electron chi connectivity index (χ2n) is 5.53. The first-order valence-corrected chi connectivity index (χ1v) is 8.14. The summed E-state index contributed by atoms with van der Waals surface area (Å²) in [6.07, 6.45) is 8.67. The smallest absolute Gasteiger partial charge is 0.0483 e. The Morgan fingerprint density at radius 3 is 2.70 bits per heavy atom. The van der Waals surface area contributed by atoms with Crippen molar-refractivity contribution in [1.29, 1.82) is 0 Å². The molecule has 0 unspecified atom stereocenters. The zero-order valence-corrected chi connectivity index (χ0v) is 13.0. The molecule has 0 saturated heterocycles. The molecule has 2 nitrogen and oxygen atoms in total. The van der Waals surface area contributed by atoms with Gasteiger partial charge in [0.2, 0.25) is 0 Å². The number of rotatable bonds is 9. The van der Waals surface area contributed by atoms with Crippen molar-refractivity contribution in [2.75, 3.05) is 13.1 Å². The summed E-state index contributed by atoms with van der Waals surface area (Å²) in [6.45, 7) is 7.77. The van der Waals surface area contributed by atoms with Crippen LogP contribution in [0.4, 0.5) is 0 Å². The van der Waals surface area contributed by atoms with E-state index >= 15 is 0 Å². The number of hydrogen-bond donors (Lipinski definition) is 1. The minimum absolute atomic E-state index is 1.07. The minimum atomic E-state index is 1.07. The molecule has 1 aromatic carbocycles. The summed E-state index contributed by atoms with van der Waals surface area (Å²) in [4.78, 5) is 0. The average Bonchev–Trinajstić information content (AvgIpc) is 2.83. The van der Waals surface area contributed by atoms with E-state index in [1.165, 1.54) is 48.6 Å². The Labute approximate surface area is 123 Å². The Morgan fingerprint density at radius 2 is 1.90 bits per heavy atom. The van der Waals surface area contributed by atoms with Crippen LogP contribution in [-0.2, 0) is 13.0 Å². The highest BCUT2D eigenvalue weighted by molar-refractivity contribution is 5.83. The van der Waals surface area contributed by atoms with Gasteiger partial charge in [0.1, 0.15) is 0 Å². The third-order valence-electron chi connectivity index (χ3n) is 3.92. The summed E-state index contributed by atoms with van der Waals surface area (Å²) in [6, 6.07) is 8.84. The van der Waals surface area contributed by atoms with E-state index in [1.807, 2.05) is 0 Å². The zero-order valence-electron chi connectivity index (χ0n) is 13.0. The fraction of sp³-hybridized carbons (Fsp3) is 0.556. The van der Waals surface area contributed by atoms with Crippen LogP contribution in [-0.4, -0.2) is 17.7 Å². The van der Waals surface area contributed by atoms with Crippen LogP contribution in [0.5, 0.6) is 0 Å². The molecule has 1 heterocycles. The first kappa shape index (κ1) is 15.1. The molecule has 0 spiro atoms. The van der Waals surface area contributed by atoms with Gasteiger partial charge in [-0.2, -0.15) is 0 Å². The zero-order chi connectivity index (χ0) is 14.2. The van der Waals surface area contributed by atoms with Crippen LogP contribution in [0.25, 0.3) is 10.9 Å². The molecule has 1 N–H and O–H groups in total. The van der Waals surface area contributed by atoms with Gasteiger partial charge in [0.15, 0.2) is 0 Å². The van der Waals surface area contributed by atoms with Crippen molar-refractivity contribution >= 4 is 10.9 Å². The molecular formula is C18H28N2. The lowest BCUT2D eigenvalue weighted by molar-refractivity contribution is 0.614. The van der Waals surface area contributed by atoms with Crippen molar-refractivity contribution in [3.8, 4) is 0 Å². The van der Waals surface area contributed by atoms with Crippen molar-refractivity contribution in [3.05, 3.63) is 36.0 Å². The number of aryl methyl sites for hydroxylation is 2. The molecule has 0 bridgehead atoms. The summed E-state index contributed by atoms with van der Waals surface area (Å²) in [5.41, 5.74) is 2.91. The number of aromatic nitrogens is 1. The monoisotopic (exact) mass is 272 g/mol. The van der Waals surface area contributed by atoms with Crippen molar-refractivity contribution in [3.63, 3.8) is 0 Å². The van der Waals surface area contributed by atoms with Crippen LogP contribution in [0, 0.1) is 0 Å². The molecular weight excluding hydrogens is 244 g/mol. The van der Waals surface area contributed by atoms with Gasteiger partial charge in [-0.25, -0.2) is 0 Å². The third kappa shape index (κ3) is 3.86. The number of benzene rings is 1. The van der Waals surface area contributed by atoms with E-state index < -0.39 is 0 Å². The molecule has 0 radical (unpaired) electrons. The molecule has 2 heteroatoms. The summed E-state index contributed by atoms with van der Waals surface area (Å²) in [5, 5.41) is 4.85. The molecule has 0 atom stereocenters. The summed E-state index contributed by atoms with van der Waals surface area (Å²) < 4.78 is 2.45. The van der Waals surface area contributed by atoms with Crippen LogP contribution < -0.4 is 5.32 Å². The maximum absolute atomic E-state index is 3.41. The maximum atomic E-state index is 3.41. The molecule has 0 amide bonds. The number of para-hydroxylation sites is 1. The molecule has 0 aliphatic carbocycles. The topological polar surface area (TPSA) is 17.0 Å². The first-order chi connectivity index (χ1) is 9.86. The number of nitrogens with one attached hydrogen (secondary N) is 1. The highest BCUT2D eigenvalue weighted by Gasteiger charge is 2.07. The van der Waals surface area contributed by atoms with Crippen LogP contribution >= 0.6 is 0 Å². The van der Waals surface area contributed by atoms with E-state index in [-0.39, 0.29) is 0 Å². The Balaban J connectivity index is 2.09. The Bertz CT molecular complexity index is 513. The molecule has 2 rings (SSSR count). The van der Waals surface area contributed by atoms with E-state index in [1.54, 1.807) is 0 Å². The normalized spacial score (nSPS) is 11.3. The predicted molar refractivity (Wildman–Crippen MR) is 88.3 cm³/mol. The van der Waals surface area contributed by atoms with Crippen LogP contribution in [0.1, 0.15) is 45.1 Å². The van der Waals surface area contributed by atoms with Gasteiger partial charge >= 0.3 is 0 Å². The summed E-state index contributed by atoms with van der Waals surface area (Å²) in [7, 11) is 0. The summed E-state index contributed by atoms with van der Waals surface area (Å²) in [5.74, 6) is 0. The number of hydrogen-bond acceptors (Lipinski definition) is 1.